The predicted molar refractivity (Wildman–Crippen MR) is 98.2 cm³/mol. The summed E-state index contributed by atoms with van der Waals surface area (Å²) in [5.41, 5.74) is 1.57. The molecule has 0 aromatic heterocycles. The first kappa shape index (κ1) is 17.5. The van der Waals surface area contributed by atoms with E-state index in [1.807, 2.05) is 9.80 Å². The molecule has 1 unspecified atom stereocenters. The Labute approximate surface area is 154 Å². The molecule has 0 aliphatic carbocycles. The van der Waals surface area contributed by atoms with Gasteiger partial charge in [-0.25, -0.2) is 0 Å². The number of nitrogens with zero attached hydrogens (tertiary/aromatic N) is 2. The van der Waals surface area contributed by atoms with Crippen LogP contribution in [0.2, 0.25) is 0 Å². The molecule has 1 atom stereocenters. The van der Waals surface area contributed by atoms with Gasteiger partial charge in [0, 0.05) is 49.3 Å². The normalized spacial score (nSPS) is 26.3. The Balaban J connectivity index is 1.42. The highest BCUT2D eigenvalue weighted by Crippen LogP contribution is 2.35. The molecule has 3 aliphatic heterocycles. The summed E-state index contributed by atoms with van der Waals surface area (Å²) in [5, 5.41) is 3.44. The summed E-state index contributed by atoms with van der Waals surface area (Å²) >= 11 is 0. The lowest BCUT2D eigenvalue weighted by atomic mass is 9.79. The minimum atomic E-state index is 0.0151. The fraction of sp³-hybridized carbons (Fsp3) is 0.600. The maximum atomic E-state index is 12.9. The number of morpholine rings is 1. The van der Waals surface area contributed by atoms with Crippen molar-refractivity contribution >= 4 is 11.8 Å². The number of hydrogen-bond acceptors (Lipinski definition) is 4. The topological polar surface area (TPSA) is 61.9 Å². The maximum absolute atomic E-state index is 12.9. The number of hydrogen-bond donors (Lipinski definition) is 1. The van der Waals surface area contributed by atoms with Crippen LogP contribution in [0.4, 0.5) is 0 Å². The zero-order valence-electron chi connectivity index (χ0n) is 15.2. The quantitative estimate of drug-likeness (QED) is 0.869. The molecule has 3 fully saturated rings. The summed E-state index contributed by atoms with van der Waals surface area (Å²) in [7, 11) is 0. The number of carbonyl (C=O) groups is 2. The molecule has 6 heteroatoms. The fourth-order valence-corrected chi connectivity index (χ4v) is 4.41. The van der Waals surface area contributed by atoms with Crippen LogP contribution in [0.3, 0.4) is 0 Å². The second kappa shape index (κ2) is 7.37. The van der Waals surface area contributed by atoms with Crippen molar-refractivity contribution in [1.29, 1.82) is 0 Å². The first-order chi connectivity index (χ1) is 12.7. The molecule has 2 amide bonds. The van der Waals surface area contributed by atoms with E-state index in [9.17, 15) is 9.59 Å². The SMILES string of the molecule is O=C(c1ccc(C(=O)N2CCCC3(CCNC3)C2)cc1)N1CCOCC1. The highest BCUT2D eigenvalue weighted by atomic mass is 16.5. The van der Waals surface area contributed by atoms with E-state index in [-0.39, 0.29) is 17.2 Å². The van der Waals surface area contributed by atoms with Crippen LogP contribution in [-0.2, 0) is 4.74 Å². The lowest BCUT2D eigenvalue weighted by molar-refractivity contribution is 0.0302. The molecule has 0 bridgehead atoms. The summed E-state index contributed by atoms with van der Waals surface area (Å²) in [5.74, 6) is 0.0996. The monoisotopic (exact) mass is 357 g/mol. The van der Waals surface area contributed by atoms with Gasteiger partial charge in [-0.3, -0.25) is 9.59 Å². The predicted octanol–water partition coefficient (Wildman–Crippen LogP) is 1.37. The molecular formula is C20H27N3O3. The summed E-state index contributed by atoms with van der Waals surface area (Å²) in [4.78, 5) is 29.2. The van der Waals surface area contributed by atoms with Gasteiger partial charge in [0.15, 0.2) is 0 Å². The van der Waals surface area contributed by atoms with E-state index in [0.29, 0.717) is 37.4 Å². The number of likely N-dealkylation sites (tertiary alicyclic amines) is 1. The standard InChI is InChI=1S/C20H27N3O3/c24-18(22-10-12-26-13-11-22)16-2-4-17(5-3-16)19(25)23-9-1-6-20(15-23)7-8-21-14-20/h2-5,21H,1,6-15H2. The summed E-state index contributed by atoms with van der Waals surface area (Å²) in [6.45, 7) is 6.18. The molecule has 4 rings (SSSR count). The van der Waals surface area contributed by atoms with Crippen LogP contribution in [0.25, 0.3) is 0 Å². The number of ether oxygens (including phenoxy) is 1. The van der Waals surface area contributed by atoms with Crippen molar-refractivity contribution < 1.29 is 14.3 Å². The number of piperidine rings is 1. The van der Waals surface area contributed by atoms with Crippen LogP contribution in [0.1, 0.15) is 40.0 Å². The Morgan fingerprint density at radius 3 is 2.19 bits per heavy atom. The third-order valence-electron chi connectivity index (χ3n) is 5.96. The number of rotatable bonds is 2. The van der Waals surface area contributed by atoms with Gasteiger partial charge in [0.2, 0.25) is 0 Å². The van der Waals surface area contributed by atoms with Crippen LogP contribution in [0.15, 0.2) is 24.3 Å². The molecule has 3 heterocycles. The van der Waals surface area contributed by atoms with Crippen LogP contribution in [0, 0.1) is 5.41 Å². The van der Waals surface area contributed by atoms with Crippen molar-refractivity contribution in [3.63, 3.8) is 0 Å². The van der Waals surface area contributed by atoms with Gasteiger partial charge in [0.25, 0.3) is 11.8 Å². The van der Waals surface area contributed by atoms with E-state index >= 15 is 0 Å². The molecular weight excluding hydrogens is 330 g/mol. The van der Waals surface area contributed by atoms with Crippen molar-refractivity contribution in [3.8, 4) is 0 Å². The number of benzene rings is 1. The minimum absolute atomic E-state index is 0.0151. The Kier molecular flexibility index (Phi) is 4.96. The van der Waals surface area contributed by atoms with Gasteiger partial charge in [-0.2, -0.15) is 0 Å². The van der Waals surface area contributed by atoms with Gasteiger partial charge in [-0.1, -0.05) is 0 Å². The zero-order valence-corrected chi connectivity index (χ0v) is 15.2. The number of carbonyl (C=O) groups excluding carboxylic acids is 2. The average Bonchev–Trinajstić information content (AvgIpc) is 3.15. The number of amides is 2. The second-order valence-corrected chi connectivity index (χ2v) is 7.74. The highest BCUT2D eigenvalue weighted by molar-refractivity contribution is 5.98. The smallest absolute Gasteiger partial charge is 0.254 e. The van der Waals surface area contributed by atoms with Gasteiger partial charge in [-0.15, -0.1) is 0 Å². The summed E-state index contributed by atoms with van der Waals surface area (Å²) in [6, 6.07) is 7.15. The van der Waals surface area contributed by atoms with E-state index < -0.39 is 0 Å². The molecule has 3 saturated heterocycles. The van der Waals surface area contributed by atoms with Crippen LogP contribution in [-0.4, -0.2) is 74.1 Å². The summed E-state index contributed by atoms with van der Waals surface area (Å²) in [6.07, 6.45) is 3.43. The van der Waals surface area contributed by atoms with Crippen LogP contribution >= 0.6 is 0 Å². The van der Waals surface area contributed by atoms with Crippen LogP contribution < -0.4 is 5.32 Å². The largest absolute Gasteiger partial charge is 0.378 e. The van der Waals surface area contributed by atoms with E-state index in [2.05, 4.69) is 5.32 Å². The molecule has 0 saturated carbocycles. The van der Waals surface area contributed by atoms with Crippen molar-refractivity contribution in [1.82, 2.24) is 15.1 Å². The molecule has 26 heavy (non-hydrogen) atoms. The first-order valence-electron chi connectivity index (χ1n) is 9.64. The van der Waals surface area contributed by atoms with Crippen molar-refractivity contribution in [2.75, 3.05) is 52.5 Å². The maximum Gasteiger partial charge on any atom is 0.254 e. The molecule has 0 radical (unpaired) electrons. The molecule has 6 nitrogen and oxygen atoms in total. The first-order valence-corrected chi connectivity index (χ1v) is 9.64. The van der Waals surface area contributed by atoms with Crippen molar-refractivity contribution in [2.24, 2.45) is 5.41 Å². The zero-order chi connectivity index (χ0) is 18.0. The second-order valence-electron chi connectivity index (χ2n) is 7.74. The van der Waals surface area contributed by atoms with Crippen LogP contribution in [0.5, 0.6) is 0 Å². The van der Waals surface area contributed by atoms with Gasteiger partial charge in [0.1, 0.15) is 0 Å². The van der Waals surface area contributed by atoms with Crippen molar-refractivity contribution in [2.45, 2.75) is 19.3 Å². The van der Waals surface area contributed by atoms with Gasteiger partial charge >= 0.3 is 0 Å². The molecule has 140 valence electrons. The van der Waals surface area contributed by atoms with E-state index in [4.69, 9.17) is 4.74 Å². The van der Waals surface area contributed by atoms with E-state index in [0.717, 1.165) is 39.0 Å². The molecule has 3 aliphatic rings. The Hall–Kier alpha value is -1.92. The molecule has 1 spiro atoms. The molecule has 1 aromatic carbocycles. The minimum Gasteiger partial charge on any atom is -0.378 e. The average molecular weight is 357 g/mol. The highest BCUT2D eigenvalue weighted by Gasteiger charge is 2.39. The number of nitrogens with one attached hydrogen (secondary N) is 1. The Morgan fingerprint density at radius 1 is 0.923 bits per heavy atom. The third-order valence-corrected chi connectivity index (χ3v) is 5.96. The van der Waals surface area contributed by atoms with E-state index in [1.54, 1.807) is 24.3 Å². The lowest BCUT2D eigenvalue weighted by Gasteiger charge is -2.40. The van der Waals surface area contributed by atoms with Gasteiger partial charge in [0.05, 0.1) is 13.2 Å². The molecule has 1 aromatic rings. The Bertz CT molecular complexity index is 661. The van der Waals surface area contributed by atoms with Gasteiger partial charge < -0.3 is 19.9 Å². The van der Waals surface area contributed by atoms with Crippen molar-refractivity contribution in [3.05, 3.63) is 35.4 Å². The Morgan fingerprint density at radius 2 is 1.58 bits per heavy atom. The van der Waals surface area contributed by atoms with Gasteiger partial charge in [-0.05, 0) is 50.1 Å². The molecule has 1 N–H and O–H groups in total. The summed E-state index contributed by atoms with van der Waals surface area (Å²) < 4.78 is 5.29. The third kappa shape index (κ3) is 3.48. The lowest BCUT2D eigenvalue weighted by Crippen LogP contribution is -2.47. The fourth-order valence-electron chi connectivity index (χ4n) is 4.41. The van der Waals surface area contributed by atoms with E-state index in [1.165, 1.54) is 6.42 Å².